The van der Waals surface area contributed by atoms with Crippen molar-refractivity contribution < 1.29 is 8.42 Å². The second kappa shape index (κ2) is 8.26. The van der Waals surface area contributed by atoms with Gasteiger partial charge in [-0.3, -0.25) is 0 Å². The highest BCUT2D eigenvalue weighted by Gasteiger charge is 2.26. The highest BCUT2D eigenvalue weighted by Crippen LogP contribution is 2.31. The quantitative estimate of drug-likeness (QED) is 0.628. The maximum Gasteiger partial charge on any atom is 0.227 e. The molecule has 9 nitrogen and oxygen atoms in total. The van der Waals surface area contributed by atoms with Gasteiger partial charge in [-0.25, -0.2) is 18.4 Å². The summed E-state index contributed by atoms with van der Waals surface area (Å²) in [6.07, 6.45) is 2.97. The van der Waals surface area contributed by atoms with Crippen molar-refractivity contribution >= 4 is 38.2 Å². The van der Waals surface area contributed by atoms with E-state index in [9.17, 15) is 13.7 Å². The molecule has 0 amide bonds. The number of nitrogens with one attached hydrogen (secondary N) is 1. The SMILES string of the molecule is CN1CCN(c2cc(C#N)cc3cnc(Nc4ccc5c(c4)CN(S(C)(=O)=O)C5)nc23)CC1. The summed E-state index contributed by atoms with van der Waals surface area (Å²) in [6, 6.07) is 11.8. The minimum atomic E-state index is -3.23. The zero-order valence-corrected chi connectivity index (χ0v) is 19.4. The van der Waals surface area contributed by atoms with Crippen molar-refractivity contribution in [2.24, 2.45) is 0 Å². The molecule has 0 saturated carbocycles. The third kappa shape index (κ3) is 4.35. The minimum Gasteiger partial charge on any atom is -0.367 e. The number of fused-ring (bicyclic) bond motifs is 2. The number of rotatable bonds is 4. The summed E-state index contributed by atoms with van der Waals surface area (Å²) in [6.45, 7) is 4.41. The van der Waals surface area contributed by atoms with Crippen molar-refractivity contribution in [2.45, 2.75) is 13.1 Å². The van der Waals surface area contributed by atoms with Crippen molar-refractivity contribution in [1.29, 1.82) is 5.26 Å². The molecule has 3 aromatic rings. The third-order valence-corrected chi connectivity index (χ3v) is 7.46. The number of piperazine rings is 1. The van der Waals surface area contributed by atoms with Crippen LogP contribution >= 0.6 is 0 Å². The van der Waals surface area contributed by atoms with Crippen LogP contribution < -0.4 is 10.2 Å². The zero-order chi connectivity index (χ0) is 23.2. The van der Waals surface area contributed by atoms with E-state index in [-0.39, 0.29) is 0 Å². The lowest BCUT2D eigenvalue weighted by Crippen LogP contribution is -2.44. The van der Waals surface area contributed by atoms with E-state index in [1.54, 1.807) is 6.20 Å². The van der Waals surface area contributed by atoms with Gasteiger partial charge in [0.15, 0.2) is 0 Å². The lowest BCUT2D eigenvalue weighted by Gasteiger charge is -2.34. The van der Waals surface area contributed by atoms with Crippen LogP contribution in [0.1, 0.15) is 16.7 Å². The number of likely N-dealkylation sites (N-methyl/N-ethyl adjacent to an activating group) is 1. The zero-order valence-electron chi connectivity index (χ0n) is 18.6. The number of nitrogens with zero attached hydrogens (tertiary/aromatic N) is 6. The van der Waals surface area contributed by atoms with Gasteiger partial charge in [0.1, 0.15) is 0 Å². The molecule has 1 aromatic heterocycles. The summed E-state index contributed by atoms with van der Waals surface area (Å²) < 4.78 is 25.2. The number of aromatic nitrogens is 2. The molecule has 0 bridgehead atoms. The van der Waals surface area contributed by atoms with Crippen LogP contribution in [0.5, 0.6) is 0 Å². The summed E-state index contributed by atoms with van der Waals surface area (Å²) in [4.78, 5) is 13.8. The van der Waals surface area contributed by atoms with E-state index >= 15 is 0 Å². The van der Waals surface area contributed by atoms with E-state index in [1.807, 2.05) is 30.3 Å². The lowest BCUT2D eigenvalue weighted by molar-refractivity contribution is 0.313. The van der Waals surface area contributed by atoms with Gasteiger partial charge < -0.3 is 15.1 Å². The maximum atomic E-state index is 11.9. The van der Waals surface area contributed by atoms with Crippen LogP contribution in [0.25, 0.3) is 10.9 Å². The van der Waals surface area contributed by atoms with Gasteiger partial charge in [0.05, 0.1) is 29.1 Å². The standard InChI is InChI=1S/C23H25N7O2S/c1-28-5-7-29(8-6-28)21-10-16(12-24)9-18-13-25-23(27-22(18)21)26-20-4-3-17-14-30(33(2,31)32)15-19(17)11-20/h3-4,9-11,13H,5-8,14-15H2,1-2H3,(H,25,26,27). The van der Waals surface area contributed by atoms with E-state index in [1.165, 1.54) is 10.6 Å². The van der Waals surface area contributed by atoms with E-state index < -0.39 is 10.0 Å². The van der Waals surface area contributed by atoms with Gasteiger partial charge in [-0.05, 0) is 42.4 Å². The molecule has 0 unspecified atom stereocenters. The van der Waals surface area contributed by atoms with E-state index in [2.05, 4.69) is 33.2 Å². The van der Waals surface area contributed by atoms with Crippen LogP contribution in [0.2, 0.25) is 0 Å². The number of benzene rings is 2. The molecule has 0 aliphatic carbocycles. The first-order valence-corrected chi connectivity index (χ1v) is 12.6. The average molecular weight is 464 g/mol. The molecule has 2 aliphatic rings. The Hall–Kier alpha value is -3.26. The summed E-state index contributed by atoms with van der Waals surface area (Å²) in [5.74, 6) is 0.459. The summed E-state index contributed by atoms with van der Waals surface area (Å²) in [5, 5.41) is 13.6. The monoisotopic (exact) mass is 463 g/mol. The highest BCUT2D eigenvalue weighted by molar-refractivity contribution is 7.88. The molecular formula is C23H25N7O2S. The Bertz CT molecular complexity index is 1380. The number of anilines is 3. The molecule has 10 heteroatoms. The van der Waals surface area contributed by atoms with Crippen LogP contribution in [0, 0.1) is 11.3 Å². The fourth-order valence-corrected chi connectivity index (χ4v) is 5.09. The number of sulfonamides is 1. The predicted molar refractivity (Wildman–Crippen MR) is 128 cm³/mol. The van der Waals surface area contributed by atoms with Crippen LogP contribution in [0.4, 0.5) is 17.3 Å². The average Bonchev–Trinajstić information content (AvgIpc) is 3.23. The normalized spacial score (nSPS) is 17.2. The molecule has 2 aromatic carbocycles. The lowest BCUT2D eigenvalue weighted by atomic mass is 10.1. The molecule has 1 fully saturated rings. The van der Waals surface area contributed by atoms with Crippen LogP contribution in [0.15, 0.2) is 36.5 Å². The van der Waals surface area contributed by atoms with Gasteiger partial charge in [0.25, 0.3) is 0 Å². The van der Waals surface area contributed by atoms with Crippen molar-refractivity contribution in [3.05, 3.63) is 53.2 Å². The Morgan fingerprint density at radius 3 is 2.55 bits per heavy atom. The molecule has 33 heavy (non-hydrogen) atoms. The molecule has 0 spiro atoms. The summed E-state index contributed by atoms with van der Waals surface area (Å²) in [7, 11) is -1.13. The van der Waals surface area contributed by atoms with Crippen LogP contribution in [-0.4, -0.2) is 67.1 Å². The second-order valence-electron chi connectivity index (χ2n) is 8.67. The van der Waals surface area contributed by atoms with E-state index in [0.717, 1.165) is 59.6 Å². The molecule has 2 aliphatic heterocycles. The van der Waals surface area contributed by atoms with Gasteiger partial charge in [-0.1, -0.05) is 6.07 Å². The number of hydrogen-bond acceptors (Lipinski definition) is 8. The Balaban J connectivity index is 1.46. The summed E-state index contributed by atoms with van der Waals surface area (Å²) in [5.41, 5.74) is 5.13. The van der Waals surface area contributed by atoms with Gasteiger partial charge in [-0.2, -0.15) is 9.57 Å². The maximum absolute atomic E-state index is 11.9. The smallest absolute Gasteiger partial charge is 0.227 e. The van der Waals surface area contributed by atoms with Crippen molar-refractivity contribution in [2.75, 3.05) is 49.7 Å². The Morgan fingerprint density at radius 1 is 1.06 bits per heavy atom. The fourth-order valence-electron chi connectivity index (χ4n) is 4.34. The van der Waals surface area contributed by atoms with Gasteiger partial charge >= 0.3 is 0 Å². The first-order chi connectivity index (χ1) is 15.8. The molecule has 170 valence electrons. The predicted octanol–water partition coefficient (Wildman–Crippen LogP) is 2.27. The second-order valence-corrected chi connectivity index (χ2v) is 10.7. The molecule has 0 radical (unpaired) electrons. The van der Waals surface area contributed by atoms with Gasteiger partial charge in [-0.15, -0.1) is 0 Å². The number of hydrogen-bond donors (Lipinski definition) is 1. The first-order valence-electron chi connectivity index (χ1n) is 10.8. The molecule has 3 heterocycles. The topological polar surface area (TPSA) is 105 Å². The number of nitriles is 1. The minimum absolute atomic E-state index is 0.368. The first kappa shape index (κ1) is 21.6. The van der Waals surface area contributed by atoms with Crippen LogP contribution in [-0.2, 0) is 23.1 Å². The van der Waals surface area contributed by atoms with Crippen molar-refractivity contribution in [3.8, 4) is 6.07 Å². The highest BCUT2D eigenvalue weighted by atomic mass is 32.2. The molecule has 1 saturated heterocycles. The molecular weight excluding hydrogens is 438 g/mol. The molecule has 1 N–H and O–H groups in total. The van der Waals surface area contributed by atoms with Gasteiger partial charge in [0, 0.05) is 56.5 Å². The van der Waals surface area contributed by atoms with E-state index in [4.69, 9.17) is 4.98 Å². The Morgan fingerprint density at radius 2 is 1.82 bits per heavy atom. The van der Waals surface area contributed by atoms with Crippen LogP contribution in [0.3, 0.4) is 0 Å². The molecule has 0 atom stereocenters. The van der Waals surface area contributed by atoms with Gasteiger partial charge in [0.2, 0.25) is 16.0 Å². The Labute approximate surface area is 193 Å². The fraction of sp³-hybridized carbons (Fsp3) is 0.348. The molecule has 5 rings (SSSR count). The van der Waals surface area contributed by atoms with E-state index in [0.29, 0.717) is 24.6 Å². The largest absolute Gasteiger partial charge is 0.367 e. The van der Waals surface area contributed by atoms with Crippen molar-refractivity contribution in [1.82, 2.24) is 19.2 Å². The summed E-state index contributed by atoms with van der Waals surface area (Å²) >= 11 is 0. The van der Waals surface area contributed by atoms with Crippen molar-refractivity contribution in [3.63, 3.8) is 0 Å². The third-order valence-electron chi connectivity index (χ3n) is 6.26. The Kier molecular flexibility index (Phi) is 5.40.